The van der Waals surface area contributed by atoms with Gasteiger partial charge in [0.1, 0.15) is 5.75 Å². The van der Waals surface area contributed by atoms with Gasteiger partial charge >= 0.3 is 18.5 Å². The predicted octanol–water partition coefficient (Wildman–Crippen LogP) is 2.56. The number of nitrogens with two attached hydrogens (primary N) is 1. The van der Waals surface area contributed by atoms with Crippen molar-refractivity contribution in [3.05, 3.63) is 23.0 Å². The standard InChI is InChI=1S/C12H12F6N2O3/c1-2-22-9(21)4-6-3-8(23-12(16,17)18)7(5-19)10(20-6)11(13,14)15/h3H,2,4-5,19H2,1H3. The maximum atomic E-state index is 12.9. The van der Waals surface area contributed by atoms with E-state index in [4.69, 9.17) is 5.73 Å². The molecule has 0 bridgehead atoms. The second-order valence-corrected chi connectivity index (χ2v) is 4.17. The molecule has 23 heavy (non-hydrogen) atoms. The molecule has 0 aliphatic carbocycles. The highest BCUT2D eigenvalue weighted by Crippen LogP contribution is 2.37. The number of hydrogen-bond acceptors (Lipinski definition) is 5. The minimum atomic E-state index is -5.23. The van der Waals surface area contributed by atoms with Gasteiger partial charge < -0.3 is 15.2 Å². The van der Waals surface area contributed by atoms with E-state index in [9.17, 15) is 31.1 Å². The monoisotopic (exact) mass is 346 g/mol. The lowest BCUT2D eigenvalue weighted by atomic mass is 10.1. The predicted molar refractivity (Wildman–Crippen MR) is 64.2 cm³/mol. The molecule has 0 aliphatic heterocycles. The number of pyridine rings is 1. The van der Waals surface area contributed by atoms with Gasteiger partial charge in [-0.2, -0.15) is 13.2 Å². The van der Waals surface area contributed by atoms with Crippen LogP contribution < -0.4 is 10.5 Å². The molecular formula is C12H12F6N2O3. The quantitative estimate of drug-likeness (QED) is 0.655. The Kier molecular flexibility index (Phi) is 5.81. The lowest BCUT2D eigenvalue weighted by Gasteiger charge is -2.18. The third kappa shape index (κ3) is 5.58. The normalized spacial score (nSPS) is 12.2. The van der Waals surface area contributed by atoms with E-state index < -0.39 is 54.2 Å². The largest absolute Gasteiger partial charge is 0.573 e. The van der Waals surface area contributed by atoms with Crippen molar-refractivity contribution in [2.75, 3.05) is 6.61 Å². The third-order valence-corrected chi connectivity index (χ3v) is 2.47. The van der Waals surface area contributed by atoms with Crippen LogP contribution in [-0.2, 0) is 28.7 Å². The molecule has 0 spiro atoms. The Hall–Kier alpha value is -2.04. The van der Waals surface area contributed by atoms with Crippen molar-refractivity contribution >= 4 is 5.97 Å². The first kappa shape index (κ1) is 19.0. The van der Waals surface area contributed by atoms with E-state index in [0.717, 1.165) is 0 Å². The average molecular weight is 346 g/mol. The SMILES string of the molecule is CCOC(=O)Cc1cc(OC(F)(F)F)c(CN)c(C(F)(F)F)n1. The summed E-state index contributed by atoms with van der Waals surface area (Å²) in [5.41, 5.74) is 1.92. The number of nitrogens with zero attached hydrogens (tertiary/aromatic N) is 1. The van der Waals surface area contributed by atoms with Crippen LogP contribution in [0.4, 0.5) is 26.3 Å². The Labute approximate surface area is 126 Å². The molecule has 11 heteroatoms. The minimum absolute atomic E-state index is 0.0439. The van der Waals surface area contributed by atoms with Crippen molar-refractivity contribution in [2.45, 2.75) is 32.4 Å². The van der Waals surface area contributed by atoms with E-state index >= 15 is 0 Å². The van der Waals surface area contributed by atoms with E-state index in [1.54, 1.807) is 0 Å². The van der Waals surface area contributed by atoms with Crippen molar-refractivity contribution in [2.24, 2.45) is 5.73 Å². The lowest BCUT2D eigenvalue weighted by molar-refractivity contribution is -0.275. The Bertz CT molecular complexity index is 571. The molecule has 0 aliphatic rings. The number of rotatable bonds is 5. The molecular weight excluding hydrogens is 334 g/mol. The summed E-state index contributed by atoms with van der Waals surface area (Å²) in [6.45, 7) is 0.535. The van der Waals surface area contributed by atoms with Crippen molar-refractivity contribution in [1.29, 1.82) is 0 Å². The molecule has 0 fully saturated rings. The number of ether oxygens (including phenoxy) is 2. The van der Waals surface area contributed by atoms with Gasteiger partial charge in [-0.1, -0.05) is 0 Å². The zero-order valence-electron chi connectivity index (χ0n) is 11.7. The Morgan fingerprint density at radius 3 is 2.30 bits per heavy atom. The first-order chi connectivity index (χ1) is 10.5. The summed E-state index contributed by atoms with van der Waals surface area (Å²) in [5, 5.41) is 0. The van der Waals surface area contributed by atoms with Gasteiger partial charge in [-0.25, -0.2) is 4.98 Å². The second kappa shape index (κ2) is 7.02. The highest BCUT2D eigenvalue weighted by atomic mass is 19.4. The van der Waals surface area contributed by atoms with Crippen LogP contribution >= 0.6 is 0 Å². The van der Waals surface area contributed by atoms with Gasteiger partial charge in [0.05, 0.1) is 18.7 Å². The fourth-order valence-electron chi connectivity index (χ4n) is 1.70. The van der Waals surface area contributed by atoms with Crippen LogP contribution in [0.3, 0.4) is 0 Å². The molecule has 1 rings (SSSR count). The Morgan fingerprint density at radius 1 is 1.26 bits per heavy atom. The first-order valence-corrected chi connectivity index (χ1v) is 6.19. The number of carbonyl (C=O) groups is 1. The Morgan fingerprint density at radius 2 is 1.87 bits per heavy atom. The summed E-state index contributed by atoms with van der Waals surface area (Å²) in [7, 11) is 0. The number of halogens is 6. The maximum Gasteiger partial charge on any atom is 0.573 e. The van der Waals surface area contributed by atoms with Crippen LogP contribution in [-0.4, -0.2) is 23.9 Å². The molecule has 1 aromatic rings. The van der Waals surface area contributed by atoms with Crippen molar-refractivity contribution in [1.82, 2.24) is 4.98 Å². The van der Waals surface area contributed by atoms with Crippen LogP contribution in [0, 0.1) is 0 Å². The molecule has 130 valence electrons. The number of esters is 1. The number of carbonyl (C=O) groups excluding carboxylic acids is 1. The fraction of sp³-hybridized carbons (Fsp3) is 0.500. The van der Waals surface area contributed by atoms with Crippen molar-refractivity contribution in [3.63, 3.8) is 0 Å². The third-order valence-electron chi connectivity index (χ3n) is 2.47. The highest BCUT2D eigenvalue weighted by Gasteiger charge is 2.39. The zero-order valence-corrected chi connectivity index (χ0v) is 11.7. The van der Waals surface area contributed by atoms with Gasteiger partial charge in [0.25, 0.3) is 0 Å². The summed E-state index contributed by atoms with van der Waals surface area (Å²) < 4.78 is 84.0. The molecule has 2 N–H and O–H groups in total. The van der Waals surface area contributed by atoms with Crippen molar-refractivity contribution in [3.8, 4) is 5.75 Å². The van der Waals surface area contributed by atoms with E-state index in [0.29, 0.717) is 6.07 Å². The summed E-state index contributed by atoms with van der Waals surface area (Å²) in [4.78, 5) is 14.5. The smallest absolute Gasteiger partial charge is 0.466 e. The summed E-state index contributed by atoms with van der Waals surface area (Å²) in [6.07, 6.45) is -11.0. The zero-order chi connectivity index (χ0) is 17.8. The van der Waals surface area contributed by atoms with Gasteiger partial charge in [-0.05, 0) is 6.92 Å². The highest BCUT2D eigenvalue weighted by molar-refractivity contribution is 5.72. The van der Waals surface area contributed by atoms with Gasteiger partial charge in [0.2, 0.25) is 0 Å². The minimum Gasteiger partial charge on any atom is -0.466 e. The fourth-order valence-corrected chi connectivity index (χ4v) is 1.70. The molecule has 0 saturated carbocycles. The second-order valence-electron chi connectivity index (χ2n) is 4.17. The molecule has 0 aromatic carbocycles. The van der Waals surface area contributed by atoms with Gasteiger partial charge in [-0.3, -0.25) is 4.79 Å². The molecule has 1 aromatic heterocycles. The first-order valence-electron chi connectivity index (χ1n) is 6.19. The van der Waals surface area contributed by atoms with Crippen LogP contribution in [0.25, 0.3) is 0 Å². The average Bonchev–Trinajstić information content (AvgIpc) is 2.35. The number of hydrogen-bond donors (Lipinski definition) is 1. The van der Waals surface area contributed by atoms with Gasteiger partial charge in [0.15, 0.2) is 5.69 Å². The summed E-state index contributed by atoms with van der Waals surface area (Å²) in [5.74, 6) is -2.09. The summed E-state index contributed by atoms with van der Waals surface area (Å²) in [6, 6.07) is 0.585. The molecule has 0 amide bonds. The Balaban J connectivity index is 3.38. The molecule has 0 unspecified atom stereocenters. The lowest BCUT2D eigenvalue weighted by Crippen LogP contribution is -2.23. The molecule has 0 saturated heterocycles. The number of aromatic nitrogens is 1. The van der Waals surface area contributed by atoms with Crippen molar-refractivity contribution < 1.29 is 40.6 Å². The van der Waals surface area contributed by atoms with Crippen LogP contribution in [0.5, 0.6) is 5.75 Å². The topological polar surface area (TPSA) is 74.4 Å². The van der Waals surface area contributed by atoms with Gasteiger partial charge in [-0.15, -0.1) is 13.2 Å². The maximum absolute atomic E-state index is 12.9. The number of alkyl halides is 6. The van der Waals surface area contributed by atoms with Gasteiger partial charge in [0, 0.05) is 18.2 Å². The van der Waals surface area contributed by atoms with E-state index in [-0.39, 0.29) is 6.61 Å². The molecule has 0 atom stereocenters. The van der Waals surface area contributed by atoms with E-state index in [1.807, 2.05) is 0 Å². The molecule has 5 nitrogen and oxygen atoms in total. The summed E-state index contributed by atoms with van der Waals surface area (Å²) >= 11 is 0. The van der Waals surface area contributed by atoms with E-state index in [2.05, 4.69) is 14.5 Å². The van der Waals surface area contributed by atoms with Crippen LogP contribution in [0.15, 0.2) is 6.07 Å². The van der Waals surface area contributed by atoms with Crippen LogP contribution in [0.1, 0.15) is 23.9 Å². The van der Waals surface area contributed by atoms with Crippen LogP contribution in [0.2, 0.25) is 0 Å². The molecule has 0 radical (unpaired) electrons. The van der Waals surface area contributed by atoms with E-state index in [1.165, 1.54) is 6.92 Å². The molecule has 1 heterocycles.